The van der Waals surface area contributed by atoms with E-state index in [0.29, 0.717) is 11.7 Å². The second kappa shape index (κ2) is 8.34. The molecule has 152 valence electrons. The Morgan fingerprint density at radius 2 is 1.86 bits per heavy atom. The SMILES string of the molecule is CS(=O)(=O)Nc1cccc(C2CCN(Cc3cc(-c4ccccc4)no3)CC2)n1. The van der Waals surface area contributed by atoms with Crippen LogP contribution in [0.3, 0.4) is 0 Å². The van der Waals surface area contributed by atoms with Gasteiger partial charge in [0.25, 0.3) is 0 Å². The molecule has 1 aromatic carbocycles. The lowest BCUT2D eigenvalue weighted by molar-refractivity contribution is 0.183. The molecule has 3 heterocycles. The predicted molar refractivity (Wildman–Crippen MR) is 112 cm³/mol. The summed E-state index contributed by atoms with van der Waals surface area (Å²) in [5, 5.41) is 4.19. The molecule has 0 radical (unpaired) electrons. The second-order valence-electron chi connectivity index (χ2n) is 7.42. The number of likely N-dealkylation sites (tertiary alicyclic amines) is 1. The molecule has 0 saturated carbocycles. The van der Waals surface area contributed by atoms with Crippen LogP contribution < -0.4 is 4.72 Å². The molecule has 1 aliphatic rings. The van der Waals surface area contributed by atoms with Gasteiger partial charge in [-0.3, -0.25) is 9.62 Å². The van der Waals surface area contributed by atoms with Gasteiger partial charge in [0.2, 0.25) is 10.0 Å². The maximum atomic E-state index is 11.4. The number of benzene rings is 1. The first kappa shape index (κ1) is 19.6. The smallest absolute Gasteiger partial charge is 0.230 e. The number of aromatic nitrogens is 2. The fourth-order valence-electron chi connectivity index (χ4n) is 3.67. The van der Waals surface area contributed by atoms with Gasteiger partial charge < -0.3 is 4.52 Å². The molecule has 7 nitrogen and oxygen atoms in total. The Morgan fingerprint density at radius 1 is 1.10 bits per heavy atom. The number of pyridine rings is 1. The number of piperidine rings is 1. The van der Waals surface area contributed by atoms with Crippen molar-refractivity contribution in [3.63, 3.8) is 0 Å². The summed E-state index contributed by atoms with van der Waals surface area (Å²) in [6.45, 7) is 2.59. The number of rotatable bonds is 6. The highest BCUT2D eigenvalue weighted by atomic mass is 32.2. The minimum atomic E-state index is -3.32. The molecule has 3 aromatic rings. The molecule has 29 heavy (non-hydrogen) atoms. The number of sulfonamides is 1. The summed E-state index contributed by atoms with van der Waals surface area (Å²) in [6.07, 6.45) is 3.07. The average Bonchev–Trinajstić information content (AvgIpc) is 3.17. The average molecular weight is 413 g/mol. The van der Waals surface area contributed by atoms with Crippen molar-refractivity contribution in [3.05, 3.63) is 66.1 Å². The van der Waals surface area contributed by atoms with E-state index in [4.69, 9.17) is 4.52 Å². The lowest BCUT2D eigenvalue weighted by Crippen LogP contribution is -2.32. The van der Waals surface area contributed by atoms with Crippen molar-refractivity contribution < 1.29 is 12.9 Å². The first-order chi connectivity index (χ1) is 14.0. The van der Waals surface area contributed by atoms with Crippen molar-refractivity contribution >= 4 is 15.8 Å². The molecular weight excluding hydrogens is 388 g/mol. The topological polar surface area (TPSA) is 88.3 Å². The van der Waals surface area contributed by atoms with Crippen molar-refractivity contribution in [1.82, 2.24) is 15.0 Å². The van der Waals surface area contributed by atoms with E-state index in [1.807, 2.05) is 48.5 Å². The van der Waals surface area contributed by atoms with Gasteiger partial charge in [-0.2, -0.15) is 0 Å². The molecule has 0 spiro atoms. The van der Waals surface area contributed by atoms with Crippen LogP contribution in [-0.2, 0) is 16.6 Å². The number of nitrogens with one attached hydrogen (secondary N) is 1. The van der Waals surface area contributed by atoms with Crippen molar-refractivity contribution in [2.75, 3.05) is 24.1 Å². The third-order valence-electron chi connectivity index (χ3n) is 5.07. The van der Waals surface area contributed by atoms with Crippen LogP contribution in [0.2, 0.25) is 0 Å². The van der Waals surface area contributed by atoms with Gasteiger partial charge in [-0.05, 0) is 38.1 Å². The highest BCUT2D eigenvalue weighted by molar-refractivity contribution is 7.92. The van der Waals surface area contributed by atoms with Crippen LogP contribution in [0.1, 0.15) is 30.2 Å². The Labute approximate surface area is 170 Å². The highest BCUT2D eigenvalue weighted by Gasteiger charge is 2.23. The summed E-state index contributed by atoms with van der Waals surface area (Å²) in [4.78, 5) is 6.84. The van der Waals surface area contributed by atoms with Crippen LogP contribution in [0.4, 0.5) is 5.82 Å². The Kier molecular flexibility index (Phi) is 5.64. The largest absolute Gasteiger partial charge is 0.359 e. The maximum absolute atomic E-state index is 11.4. The molecule has 1 fully saturated rings. The van der Waals surface area contributed by atoms with E-state index < -0.39 is 10.0 Å². The van der Waals surface area contributed by atoms with E-state index in [0.717, 1.165) is 61.4 Å². The summed E-state index contributed by atoms with van der Waals surface area (Å²) in [5.74, 6) is 1.56. The summed E-state index contributed by atoms with van der Waals surface area (Å²) in [6, 6.07) is 17.5. The third kappa shape index (κ3) is 5.21. The van der Waals surface area contributed by atoms with Crippen LogP contribution >= 0.6 is 0 Å². The molecule has 1 aliphatic heterocycles. The summed E-state index contributed by atoms with van der Waals surface area (Å²) >= 11 is 0. The molecule has 1 N–H and O–H groups in total. The molecule has 1 saturated heterocycles. The summed E-state index contributed by atoms with van der Waals surface area (Å²) in [5.41, 5.74) is 2.84. The quantitative estimate of drug-likeness (QED) is 0.667. The zero-order valence-corrected chi connectivity index (χ0v) is 17.1. The first-order valence-corrected chi connectivity index (χ1v) is 11.5. The predicted octanol–water partition coefficient (Wildman–Crippen LogP) is 3.49. The Bertz CT molecular complexity index is 1060. The molecule has 2 aromatic heterocycles. The van der Waals surface area contributed by atoms with E-state index in [1.165, 1.54) is 0 Å². The van der Waals surface area contributed by atoms with Crippen molar-refractivity contribution in [2.45, 2.75) is 25.3 Å². The minimum Gasteiger partial charge on any atom is -0.359 e. The molecule has 0 bridgehead atoms. The normalized spacial score (nSPS) is 16.0. The van der Waals surface area contributed by atoms with E-state index >= 15 is 0 Å². The van der Waals surface area contributed by atoms with Crippen molar-refractivity contribution in [3.8, 4) is 11.3 Å². The van der Waals surface area contributed by atoms with E-state index in [9.17, 15) is 8.42 Å². The molecule has 0 amide bonds. The molecule has 8 heteroatoms. The zero-order valence-electron chi connectivity index (χ0n) is 16.3. The lowest BCUT2D eigenvalue weighted by Gasteiger charge is -2.31. The van der Waals surface area contributed by atoms with Gasteiger partial charge in [-0.15, -0.1) is 0 Å². The van der Waals surface area contributed by atoms with Crippen LogP contribution in [0.25, 0.3) is 11.3 Å². The number of anilines is 1. The number of hydrogen-bond donors (Lipinski definition) is 1. The minimum absolute atomic E-state index is 0.321. The van der Waals surface area contributed by atoms with Gasteiger partial charge in [0.1, 0.15) is 11.5 Å². The molecular formula is C21H24N4O3S. The van der Waals surface area contributed by atoms with Crippen LogP contribution in [0.5, 0.6) is 0 Å². The van der Waals surface area contributed by atoms with E-state index in [2.05, 4.69) is 19.8 Å². The molecule has 0 aliphatic carbocycles. The maximum Gasteiger partial charge on any atom is 0.230 e. The Hall–Kier alpha value is -2.71. The van der Waals surface area contributed by atoms with Crippen molar-refractivity contribution in [2.24, 2.45) is 0 Å². The van der Waals surface area contributed by atoms with Gasteiger partial charge in [-0.1, -0.05) is 41.6 Å². The Balaban J connectivity index is 1.34. The second-order valence-corrected chi connectivity index (χ2v) is 9.17. The summed E-state index contributed by atoms with van der Waals surface area (Å²) < 4.78 is 30.8. The fourth-order valence-corrected chi connectivity index (χ4v) is 4.16. The monoisotopic (exact) mass is 412 g/mol. The zero-order chi connectivity index (χ0) is 20.3. The Morgan fingerprint density at radius 3 is 2.59 bits per heavy atom. The van der Waals surface area contributed by atoms with Crippen molar-refractivity contribution in [1.29, 1.82) is 0 Å². The van der Waals surface area contributed by atoms with E-state index in [1.54, 1.807) is 6.07 Å². The van der Waals surface area contributed by atoms with Crippen LogP contribution in [0.15, 0.2) is 59.1 Å². The highest BCUT2D eigenvalue weighted by Crippen LogP contribution is 2.29. The standard InChI is InChI=1S/C21H24N4O3S/c1-29(26,27)24-21-9-5-8-19(22-21)17-10-12-25(13-11-17)15-18-14-20(23-28-18)16-6-3-2-4-7-16/h2-9,14,17H,10-13,15H2,1H3,(H,22,24). The molecule has 0 atom stereocenters. The number of hydrogen-bond acceptors (Lipinski definition) is 6. The first-order valence-electron chi connectivity index (χ1n) is 9.64. The fraction of sp³-hybridized carbons (Fsp3) is 0.333. The van der Waals surface area contributed by atoms with Gasteiger partial charge >= 0.3 is 0 Å². The van der Waals surface area contributed by atoms with Gasteiger partial charge in [0.05, 0.1) is 12.8 Å². The van der Waals surface area contributed by atoms with Gasteiger partial charge in [-0.25, -0.2) is 13.4 Å². The van der Waals surface area contributed by atoms with Crippen LogP contribution in [0, 0.1) is 0 Å². The number of nitrogens with zero attached hydrogens (tertiary/aromatic N) is 3. The van der Waals surface area contributed by atoms with Crippen LogP contribution in [-0.4, -0.2) is 42.8 Å². The van der Waals surface area contributed by atoms with E-state index in [-0.39, 0.29) is 0 Å². The molecule has 4 rings (SSSR count). The van der Waals surface area contributed by atoms with Gasteiger partial charge in [0.15, 0.2) is 5.76 Å². The molecule has 0 unspecified atom stereocenters. The lowest BCUT2D eigenvalue weighted by atomic mass is 9.93. The summed E-state index contributed by atoms with van der Waals surface area (Å²) in [7, 11) is -3.32. The van der Waals surface area contributed by atoms with Gasteiger partial charge in [0, 0.05) is 23.2 Å². The third-order valence-corrected chi connectivity index (χ3v) is 5.65.